The molecule has 0 aliphatic carbocycles. The summed E-state index contributed by atoms with van der Waals surface area (Å²) in [6.45, 7) is 2.64. The summed E-state index contributed by atoms with van der Waals surface area (Å²) in [6, 6.07) is 9.58. The number of nitrogens with one attached hydrogen (secondary N) is 1. The minimum Gasteiger partial charge on any atom is -0.493 e. The fourth-order valence-electron chi connectivity index (χ4n) is 3.13. The Hall–Kier alpha value is -2.96. The molecule has 7 nitrogen and oxygen atoms in total. The molecule has 1 aliphatic rings. The van der Waals surface area contributed by atoms with Crippen LogP contribution in [-0.4, -0.2) is 38.3 Å². The number of benzene rings is 1. The van der Waals surface area contributed by atoms with Crippen molar-refractivity contribution in [2.24, 2.45) is 10.7 Å². The van der Waals surface area contributed by atoms with Gasteiger partial charge in [0.05, 0.1) is 20.8 Å². The zero-order valence-corrected chi connectivity index (χ0v) is 15.9. The first-order valence-electron chi connectivity index (χ1n) is 9.18. The highest BCUT2D eigenvalue weighted by Crippen LogP contribution is 2.29. The smallest absolute Gasteiger partial charge is 0.193 e. The average Bonchev–Trinajstić information content (AvgIpc) is 2.73. The largest absolute Gasteiger partial charge is 0.493 e. The van der Waals surface area contributed by atoms with Crippen molar-refractivity contribution in [2.75, 3.05) is 37.5 Å². The van der Waals surface area contributed by atoms with E-state index in [2.05, 4.69) is 26.3 Å². The van der Waals surface area contributed by atoms with Crippen molar-refractivity contribution in [2.45, 2.75) is 25.8 Å². The van der Waals surface area contributed by atoms with Gasteiger partial charge in [0.2, 0.25) is 0 Å². The first-order valence-corrected chi connectivity index (χ1v) is 9.18. The molecular formula is C20H27N5O2. The van der Waals surface area contributed by atoms with Gasteiger partial charge in [0.1, 0.15) is 5.82 Å². The Morgan fingerprint density at radius 3 is 2.63 bits per heavy atom. The summed E-state index contributed by atoms with van der Waals surface area (Å²) in [4.78, 5) is 11.3. The van der Waals surface area contributed by atoms with Crippen LogP contribution in [-0.2, 0) is 6.54 Å². The van der Waals surface area contributed by atoms with Crippen LogP contribution in [0.2, 0.25) is 0 Å². The van der Waals surface area contributed by atoms with Gasteiger partial charge in [0.25, 0.3) is 0 Å². The maximum absolute atomic E-state index is 6.04. The summed E-state index contributed by atoms with van der Waals surface area (Å²) in [5, 5.41) is 3.08. The number of aromatic nitrogens is 1. The number of rotatable bonds is 6. The lowest BCUT2D eigenvalue weighted by Crippen LogP contribution is -2.30. The molecule has 0 saturated carbocycles. The van der Waals surface area contributed by atoms with Crippen LogP contribution in [0.25, 0.3) is 0 Å². The minimum absolute atomic E-state index is 0.346. The second-order valence-corrected chi connectivity index (χ2v) is 6.47. The molecule has 144 valence electrons. The maximum atomic E-state index is 6.04. The number of ether oxygens (including phenoxy) is 2. The van der Waals surface area contributed by atoms with Gasteiger partial charge < -0.3 is 25.4 Å². The number of nitrogens with two attached hydrogens (primary N) is 1. The van der Waals surface area contributed by atoms with Crippen LogP contribution in [0.1, 0.15) is 24.8 Å². The van der Waals surface area contributed by atoms with Crippen LogP contribution in [0.15, 0.2) is 41.5 Å². The van der Waals surface area contributed by atoms with Gasteiger partial charge in [-0.15, -0.1) is 0 Å². The number of hydrogen-bond donors (Lipinski definition) is 2. The molecule has 1 aliphatic heterocycles. The molecule has 7 heteroatoms. The fourth-order valence-corrected chi connectivity index (χ4v) is 3.13. The van der Waals surface area contributed by atoms with E-state index in [0.29, 0.717) is 24.0 Å². The molecule has 1 aromatic carbocycles. The van der Waals surface area contributed by atoms with E-state index in [-0.39, 0.29) is 0 Å². The van der Waals surface area contributed by atoms with Gasteiger partial charge >= 0.3 is 0 Å². The van der Waals surface area contributed by atoms with Crippen LogP contribution in [0.4, 0.5) is 11.5 Å². The van der Waals surface area contributed by atoms with Crippen molar-refractivity contribution < 1.29 is 9.47 Å². The Kier molecular flexibility index (Phi) is 6.35. The van der Waals surface area contributed by atoms with Gasteiger partial charge in [0.15, 0.2) is 17.5 Å². The predicted molar refractivity (Wildman–Crippen MR) is 109 cm³/mol. The molecule has 2 heterocycles. The Morgan fingerprint density at radius 2 is 1.89 bits per heavy atom. The average molecular weight is 369 g/mol. The van der Waals surface area contributed by atoms with Crippen molar-refractivity contribution in [1.29, 1.82) is 0 Å². The van der Waals surface area contributed by atoms with Gasteiger partial charge in [-0.2, -0.15) is 0 Å². The topological polar surface area (TPSA) is 85.0 Å². The molecule has 1 saturated heterocycles. The van der Waals surface area contributed by atoms with Crippen LogP contribution in [0.3, 0.4) is 0 Å². The van der Waals surface area contributed by atoms with Gasteiger partial charge in [-0.1, -0.05) is 0 Å². The van der Waals surface area contributed by atoms with Crippen LogP contribution in [0.5, 0.6) is 11.5 Å². The first kappa shape index (κ1) is 18.8. The molecule has 1 fully saturated rings. The van der Waals surface area contributed by atoms with Crippen molar-refractivity contribution in [3.63, 3.8) is 0 Å². The van der Waals surface area contributed by atoms with E-state index >= 15 is 0 Å². The number of anilines is 2. The molecule has 3 rings (SSSR count). The summed E-state index contributed by atoms with van der Waals surface area (Å²) in [7, 11) is 3.20. The van der Waals surface area contributed by atoms with Crippen molar-refractivity contribution >= 4 is 17.5 Å². The van der Waals surface area contributed by atoms with E-state index in [1.807, 2.05) is 30.5 Å². The molecule has 2 aromatic rings. The molecule has 27 heavy (non-hydrogen) atoms. The predicted octanol–water partition coefficient (Wildman–Crippen LogP) is 3.02. The Bertz CT molecular complexity index is 788. The highest BCUT2D eigenvalue weighted by atomic mass is 16.5. The number of pyridine rings is 1. The third-order valence-electron chi connectivity index (χ3n) is 4.58. The highest BCUT2D eigenvalue weighted by molar-refractivity contribution is 5.92. The molecule has 3 N–H and O–H groups in total. The maximum Gasteiger partial charge on any atom is 0.193 e. The van der Waals surface area contributed by atoms with Crippen LogP contribution in [0, 0.1) is 0 Å². The molecule has 0 atom stereocenters. The molecule has 0 bridgehead atoms. The van der Waals surface area contributed by atoms with Gasteiger partial charge in [0, 0.05) is 31.0 Å². The van der Waals surface area contributed by atoms with E-state index in [1.165, 1.54) is 19.3 Å². The van der Waals surface area contributed by atoms with Gasteiger partial charge in [-0.3, -0.25) is 0 Å². The summed E-state index contributed by atoms with van der Waals surface area (Å²) in [5.74, 6) is 2.67. The third-order valence-corrected chi connectivity index (χ3v) is 4.58. The quantitative estimate of drug-likeness (QED) is 0.601. The van der Waals surface area contributed by atoms with Crippen molar-refractivity contribution in [3.05, 3.63) is 42.1 Å². The van der Waals surface area contributed by atoms with Crippen molar-refractivity contribution in [3.8, 4) is 11.5 Å². The van der Waals surface area contributed by atoms with E-state index in [9.17, 15) is 0 Å². The summed E-state index contributed by atoms with van der Waals surface area (Å²) in [6.07, 6.45) is 5.60. The van der Waals surface area contributed by atoms with E-state index in [4.69, 9.17) is 15.2 Å². The minimum atomic E-state index is 0.346. The first-order chi connectivity index (χ1) is 13.2. The Morgan fingerprint density at radius 1 is 1.11 bits per heavy atom. The lowest BCUT2D eigenvalue weighted by Gasteiger charge is -2.27. The monoisotopic (exact) mass is 369 g/mol. The van der Waals surface area contributed by atoms with Crippen LogP contribution < -0.4 is 25.4 Å². The van der Waals surface area contributed by atoms with E-state index in [0.717, 1.165) is 30.2 Å². The molecule has 0 radical (unpaired) electrons. The molecule has 1 aromatic heterocycles. The van der Waals surface area contributed by atoms with Crippen LogP contribution >= 0.6 is 0 Å². The second-order valence-electron chi connectivity index (χ2n) is 6.47. The third kappa shape index (κ3) is 5.03. The van der Waals surface area contributed by atoms with E-state index < -0.39 is 0 Å². The lowest BCUT2D eigenvalue weighted by molar-refractivity contribution is 0.355. The number of methoxy groups -OCH3 is 2. The van der Waals surface area contributed by atoms with Crippen molar-refractivity contribution in [1.82, 2.24) is 4.98 Å². The molecule has 0 amide bonds. The number of piperidine rings is 1. The fraction of sp³-hybridized carbons (Fsp3) is 0.400. The molecular weight excluding hydrogens is 342 g/mol. The lowest BCUT2D eigenvalue weighted by atomic mass is 10.1. The number of nitrogens with zero attached hydrogens (tertiary/aromatic N) is 3. The SMILES string of the molecule is COc1ccc(NC(N)=NCc2ccnc(N3CCCCC3)c2)cc1OC. The second kappa shape index (κ2) is 9.12. The number of hydrogen-bond acceptors (Lipinski definition) is 5. The number of guanidine groups is 1. The summed E-state index contributed by atoms with van der Waals surface area (Å²) >= 11 is 0. The summed E-state index contributed by atoms with van der Waals surface area (Å²) < 4.78 is 10.5. The Balaban J connectivity index is 1.63. The molecule has 0 spiro atoms. The molecule has 0 unspecified atom stereocenters. The van der Waals surface area contributed by atoms with Gasteiger partial charge in [-0.05, 0) is 49.1 Å². The standard InChI is InChI=1S/C20H27N5O2/c1-26-17-7-6-16(13-18(17)27-2)24-20(21)23-14-15-8-9-22-19(12-15)25-10-4-3-5-11-25/h6-9,12-13H,3-5,10-11,14H2,1-2H3,(H3,21,23,24). The number of aliphatic imine (C=N–C) groups is 1. The zero-order chi connectivity index (χ0) is 19.1. The van der Waals surface area contributed by atoms with E-state index in [1.54, 1.807) is 14.2 Å². The normalized spacial score (nSPS) is 14.7. The Labute approximate surface area is 160 Å². The summed E-state index contributed by atoms with van der Waals surface area (Å²) in [5.41, 5.74) is 7.91. The highest BCUT2D eigenvalue weighted by Gasteiger charge is 2.12. The van der Waals surface area contributed by atoms with Gasteiger partial charge in [-0.25, -0.2) is 9.98 Å². The zero-order valence-electron chi connectivity index (χ0n) is 15.9.